The van der Waals surface area contributed by atoms with Crippen LogP contribution < -0.4 is 5.56 Å². The van der Waals surface area contributed by atoms with Gasteiger partial charge in [-0.2, -0.15) is 14.6 Å². The Balaban J connectivity index is 2.25. The second-order valence-electron chi connectivity index (χ2n) is 4.07. The number of hydrogen-bond donors (Lipinski definition) is 0. The lowest BCUT2D eigenvalue weighted by Crippen LogP contribution is -2.21. The topological polar surface area (TPSA) is 78.0 Å². The molecule has 0 aliphatic carbocycles. The maximum atomic E-state index is 12.2. The molecule has 0 aliphatic heterocycles. The summed E-state index contributed by atoms with van der Waals surface area (Å²) in [6.07, 6.45) is 5.16. The van der Waals surface area contributed by atoms with Crippen LogP contribution in [0.15, 0.2) is 23.4 Å². The third kappa shape index (κ3) is 1.55. The molecular formula is C11H12N6O. The van der Waals surface area contributed by atoms with Crippen molar-refractivity contribution in [1.82, 2.24) is 29.4 Å². The Morgan fingerprint density at radius 1 is 1.33 bits per heavy atom. The van der Waals surface area contributed by atoms with Gasteiger partial charge in [0.15, 0.2) is 5.52 Å². The standard InChI is InChI=1S/C11H12N6O/c1-2-3-5-16-6-4-8-9(10(16)18)14-15-11-12-7-13-17(8)11/h4,6-7H,2-3,5H2,1H3. The zero-order valence-electron chi connectivity index (χ0n) is 9.94. The highest BCUT2D eigenvalue weighted by molar-refractivity contribution is 5.74. The lowest BCUT2D eigenvalue weighted by molar-refractivity contribution is 0.615. The predicted octanol–water partition coefficient (Wildman–Crippen LogP) is 0.634. The number of fused-ring (bicyclic) bond motifs is 3. The molecule has 0 aliphatic rings. The molecule has 0 radical (unpaired) electrons. The van der Waals surface area contributed by atoms with Crippen molar-refractivity contribution in [3.8, 4) is 0 Å². The highest BCUT2D eigenvalue weighted by Crippen LogP contribution is 2.06. The first-order chi connectivity index (χ1) is 8.81. The van der Waals surface area contributed by atoms with E-state index in [0.717, 1.165) is 12.8 Å². The number of hydrogen-bond acceptors (Lipinski definition) is 5. The summed E-state index contributed by atoms with van der Waals surface area (Å²) in [7, 11) is 0. The van der Waals surface area contributed by atoms with E-state index in [0.29, 0.717) is 23.4 Å². The first kappa shape index (κ1) is 10.8. The van der Waals surface area contributed by atoms with Gasteiger partial charge < -0.3 is 4.57 Å². The first-order valence-electron chi connectivity index (χ1n) is 5.87. The van der Waals surface area contributed by atoms with Crippen LogP contribution in [0.3, 0.4) is 0 Å². The molecule has 0 unspecified atom stereocenters. The van der Waals surface area contributed by atoms with E-state index in [2.05, 4.69) is 27.2 Å². The minimum Gasteiger partial charge on any atom is -0.313 e. The molecule has 0 spiro atoms. The Labute approximate surface area is 102 Å². The normalized spacial score (nSPS) is 11.4. The molecule has 92 valence electrons. The molecule has 0 saturated heterocycles. The smallest absolute Gasteiger partial charge is 0.280 e. The van der Waals surface area contributed by atoms with Gasteiger partial charge in [-0.05, 0) is 12.5 Å². The minimum absolute atomic E-state index is 0.133. The van der Waals surface area contributed by atoms with Crippen molar-refractivity contribution >= 4 is 16.8 Å². The van der Waals surface area contributed by atoms with Gasteiger partial charge in [0, 0.05) is 12.7 Å². The largest absolute Gasteiger partial charge is 0.313 e. The molecule has 3 aromatic rings. The Kier molecular flexibility index (Phi) is 2.51. The van der Waals surface area contributed by atoms with Crippen molar-refractivity contribution < 1.29 is 0 Å². The fourth-order valence-electron chi connectivity index (χ4n) is 1.89. The van der Waals surface area contributed by atoms with Crippen LogP contribution in [0.5, 0.6) is 0 Å². The molecule has 0 fully saturated rings. The average Bonchev–Trinajstić information content (AvgIpc) is 2.86. The van der Waals surface area contributed by atoms with Crippen molar-refractivity contribution in [3.05, 3.63) is 28.9 Å². The summed E-state index contributed by atoms with van der Waals surface area (Å²) in [6.45, 7) is 2.78. The fourth-order valence-corrected chi connectivity index (χ4v) is 1.89. The molecule has 3 rings (SSSR count). The second-order valence-corrected chi connectivity index (χ2v) is 4.07. The van der Waals surface area contributed by atoms with Crippen molar-refractivity contribution in [2.24, 2.45) is 0 Å². The molecule has 7 nitrogen and oxygen atoms in total. The zero-order valence-corrected chi connectivity index (χ0v) is 9.94. The van der Waals surface area contributed by atoms with Gasteiger partial charge in [-0.25, -0.2) is 0 Å². The lowest BCUT2D eigenvalue weighted by Gasteiger charge is -2.05. The summed E-state index contributed by atoms with van der Waals surface area (Å²) in [5.74, 6) is 0.396. The molecule has 7 heteroatoms. The monoisotopic (exact) mass is 244 g/mol. The van der Waals surface area contributed by atoms with Gasteiger partial charge in [0.25, 0.3) is 11.3 Å². The van der Waals surface area contributed by atoms with E-state index < -0.39 is 0 Å². The van der Waals surface area contributed by atoms with E-state index in [4.69, 9.17) is 0 Å². The van der Waals surface area contributed by atoms with Gasteiger partial charge >= 0.3 is 0 Å². The molecule has 0 N–H and O–H groups in total. The van der Waals surface area contributed by atoms with E-state index in [1.807, 2.05) is 6.07 Å². The minimum atomic E-state index is -0.133. The molecule has 3 aromatic heterocycles. The van der Waals surface area contributed by atoms with Crippen LogP contribution in [0.2, 0.25) is 0 Å². The van der Waals surface area contributed by atoms with Crippen molar-refractivity contribution in [2.45, 2.75) is 26.3 Å². The van der Waals surface area contributed by atoms with Crippen LogP contribution in [0, 0.1) is 0 Å². The van der Waals surface area contributed by atoms with Gasteiger partial charge in [0.2, 0.25) is 0 Å². The first-order valence-corrected chi connectivity index (χ1v) is 5.87. The predicted molar refractivity (Wildman–Crippen MR) is 65.3 cm³/mol. The van der Waals surface area contributed by atoms with Gasteiger partial charge in [-0.15, -0.1) is 10.2 Å². The Morgan fingerprint density at radius 3 is 3.06 bits per heavy atom. The van der Waals surface area contributed by atoms with Crippen molar-refractivity contribution in [3.63, 3.8) is 0 Å². The molecule has 3 heterocycles. The van der Waals surface area contributed by atoms with Crippen LogP contribution in [-0.4, -0.2) is 29.4 Å². The maximum absolute atomic E-state index is 12.2. The Morgan fingerprint density at radius 2 is 2.22 bits per heavy atom. The number of nitrogens with zero attached hydrogens (tertiary/aromatic N) is 6. The van der Waals surface area contributed by atoms with E-state index in [9.17, 15) is 4.79 Å². The molecule has 0 bridgehead atoms. The molecular weight excluding hydrogens is 232 g/mol. The molecule has 18 heavy (non-hydrogen) atoms. The summed E-state index contributed by atoms with van der Waals surface area (Å²) in [5.41, 5.74) is 0.827. The highest BCUT2D eigenvalue weighted by Gasteiger charge is 2.09. The average molecular weight is 244 g/mol. The van der Waals surface area contributed by atoms with E-state index in [-0.39, 0.29) is 5.56 Å². The molecule has 0 saturated carbocycles. The third-order valence-electron chi connectivity index (χ3n) is 2.87. The van der Waals surface area contributed by atoms with Gasteiger partial charge in [0.1, 0.15) is 11.8 Å². The SMILES string of the molecule is CCCCn1ccc2c(nnc3ncnn32)c1=O. The van der Waals surface area contributed by atoms with E-state index in [1.165, 1.54) is 10.8 Å². The molecule has 0 amide bonds. The van der Waals surface area contributed by atoms with Gasteiger partial charge in [-0.1, -0.05) is 13.3 Å². The van der Waals surface area contributed by atoms with E-state index >= 15 is 0 Å². The number of aryl methyl sites for hydroxylation is 1. The third-order valence-corrected chi connectivity index (χ3v) is 2.87. The summed E-state index contributed by atoms with van der Waals surface area (Å²) in [6, 6.07) is 1.82. The summed E-state index contributed by atoms with van der Waals surface area (Å²) >= 11 is 0. The summed E-state index contributed by atoms with van der Waals surface area (Å²) in [4.78, 5) is 16.1. The highest BCUT2D eigenvalue weighted by atomic mass is 16.1. The molecule has 0 aromatic carbocycles. The number of rotatable bonds is 3. The van der Waals surface area contributed by atoms with Crippen molar-refractivity contribution in [1.29, 1.82) is 0 Å². The van der Waals surface area contributed by atoms with Crippen LogP contribution in [-0.2, 0) is 6.54 Å². The van der Waals surface area contributed by atoms with Gasteiger partial charge in [-0.3, -0.25) is 4.79 Å². The lowest BCUT2D eigenvalue weighted by atomic mass is 10.3. The summed E-state index contributed by atoms with van der Waals surface area (Å²) in [5, 5.41) is 11.9. The number of aromatic nitrogens is 6. The van der Waals surface area contributed by atoms with Crippen molar-refractivity contribution in [2.75, 3.05) is 0 Å². The number of unbranched alkanes of at least 4 members (excludes halogenated alkanes) is 1. The maximum Gasteiger partial charge on any atom is 0.280 e. The Hall–Kier alpha value is -2.31. The van der Waals surface area contributed by atoms with Gasteiger partial charge in [0.05, 0.1) is 0 Å². The Bertz CT molecular complexity index is 759. The quantitative estimate of drug-likeness (QED) is 0.675. The van der Waals surface area contributed by atoms with Crippen LogP contribution in [0.25, 0.3) is 16.8 Å². The van der Waals surface area contributed by atoms with Crippen LogP contribution in [0.1, 0.15) is 19.8 Å². The summed E-state index contributed by atoms with van der Waals surface area (Å²) < 4.78 is 3.18. The zero-order chi connectivity index (χ0) is 12.5. The second kappa shape index (κ2) is 4.17. The van der Waals surface area contributed by atoms with E-state index in [1.54, 1.807) is 10.8 Å². The number of pyridine rings is 1. The van der Waals surface area contributed by atoms with Crippen LogP contribution in [0.4, 0.5) is 0 Å². The van der Waals surface area contributed by atoms with Crippen LogP contribution >= 0.6 is 0 Å². The molecule has 0 atom stereocenters. The fraction of sp³-hybridized carbons (Fsp3) is 0.364.